The van der Waals surface area contributed by atoms with Crippen LogP contribution in [0.25, 0.3) is 0 Å². The number of imidazole rings is 1. The smallest absolute Gasteiger partial charge is 0.340 e. The Morgan fingerprint density at radius 3 is 2.82 bits per heavy atom. The fraction of sp³-hybridized carbons (Fsp3) is 0.500. The topological polar surface area (TPSA) is 139 Å². The Kier molecular flexibility index (Phi) is 4.12. The van der Waals surface area contributed by atoms with Crippen molar-refractivity contribution in [3.63, 3.8) is 0 Å². The summed E-state index contributed by atoms with van der Waals surface area (Å²) in [5.41, 5.74) is 0. The summed E-state index contributed by atoms with van der Waals surface area (Å²) in [6, 6.07) is 0. The van der Waals surface area contributed by atoms with E-state index in [2.05, 4.69) is 14.7 Å². The fourth-order valence-electron chi connectivity index (χ4n) is 1.08. The Morgan fingerprint density at radius 2 is 2.35 bits per heavy atom. The zero-order valence-electron chi connectivity index (χ0n) is 8.86. The largest absolute Gasteiger partial charge is 0.464 e. The number of nitrogens with one attached hydrogen (secondary N) is 1. The van der Waals surface area contributed by atoms with E-state index in [0.29, 0.717) is 0 Å². The van der Waals surface area contributed by atoms with Gasteiger partial charge in [-0.15, -0.1) is 0 Å². The van der Waals surface area contributed by atoms with Crippen molar-refractivity contribution in [2.45, 2.75) is 19.1 Å². The van der Waals surface area contributed by atoms with Crippen LogP contribution in [-0.4, -0.2) is 43.8 Å². The number of ether oxygens (including phenoxy) is 1. The normalized spacial score (nSPS) is 14.1. The van der Waals surface area contributed by atoms with Crippen LogP contribution < -0.4 is 0 Å². The van der Waals surface area contributed by atoms with Gasteiger partial charge in [-0.3, -0.25) is 0 Å². The molecule has 2 atom stereocenters. The van der Waals surface area contributed by atoms with Gasteiger partial charge in [0.2, 0.25) is 5.82 Å². The van der Waals surface area contributed by atoms with Gasteiger partial charge in [-0.05, 0) is 11.8 Å². The van der Waals surface area contributed by atoms with Crippen molar-refractivity contribution in [1.82, 2.24) is 9.97 Å². The minimum Gasteiger partial charge on any atom is -0.464 e. The molecule has 0 aliphatic carbocycles. The highest BCUT2D eigenvalue weighted by Gasteiger charge is 2.31. The second-order valence-corrected chi connectivity index (χ2v) is 3.05. The highest BCUT2D eigenvalue weighted by Crippen LogP contribution is 2.17. The fourth-order valence-corrected chi connectivity index (χ4v) is 1.08. The first kappa shape index (κ1) is 13.1. The first-order valence-electron chi connectivity index (χ1n) is 4.69. The molecule has 1 heterocycles. The lowest BCUT2D eigenvalue weighted by molar-refractivity contribution is -0.389. The van der Waals surface area contributed by atoms with E-state index in [1.807, 2.05) is 0 Å². The van der Waals surface area contributed by atoms with E-state index in [1.54, 1.807) is 0 Å². The molecule has 9 nitrogen and oxygen atoms in total. The molecule has 94 valence electrons. The van der Waals surface area contributed by atoms with Gasteiger partial charge in [0.1, 0.15) is 6.20 Å². The van der Waals surface area contributed by atoms with E-state index in [0.717, 1.165) is 6.20 Å². The molecule has 0 bridgehead atoms. The molecule has 1 aromatic rings. The van der Waals surface area contributed by atoms with Gasteiger partial charge in [0.15, 0.2) is 12.2 Å². The number of aromatic nitrogens is 2. The van der Waals surface area contributed by atoms with Crippen LogP contribution in [0.2, 0.25) is 0 Å². The van der Waals surface area contributed by atoms with Gasteiger partial charge in [0, 0.05) is 0 Å². The molecule has 1 aromatic heterocycles. The van der Waals surface area contributed by atoms with Crippen LogP contribution in [0.4, 0.5) is 5.82 Å². The second kappa shape index (κ2) is 5.37. The van der Waals surface area contributed by atoms with Crippen molar-refractivity contribution in [3.05, 3.63) is 22.1 Å². The van der Waals surface area contributed by atoms with Gasteiger partial charge in [-0.2, -0.15) is 0 Å². The van der Waals surface area contributed by atoms with Gasteiger partial charge < -0.3 is 25.1 Å². The average molecular weight is 245 g/mol. The predicted molar refractivity (Wildman–Crippen MR) is 52.8 cm³/mol. The first-order valence-corrected chi connectivity index (χ1v) is 4.69. The Balaban J connectivity index is 2.77. The van der Waals surface area contributed by atoms with Crippen molar-refractivity contribution < 1.29 is 24.7 Å². The predicted octanol–water partition coefficient (Wildman–Crippen LogP) is -0.725. The molecule has 0 spiro atoms. The Labute approximate surface area is 95.2 Å². The number of nitro groups is 1. The third kappa shape index (κ3) is 2.98. The molecule has 0 aliphatic rings. The van der Waals surface area contributed by atoms with Crippen molar-refractivity contribution in [2.75, 3.05) is 6.61 Å². The SMILES string of the molecule is CCOC(=O)C(O)C(O)c1ncc([N+](=O)[O-])[nH]1. The number of hydrogen-bond acceptors (Lipinski definition) is 7. The molecule has 0 saturated carbocycles. The Bertz CT molecular complexity index is 417. The summed E-state index contributed by atoms with van der Waals surface area (Å²) < 4.78 is 4.48. The standard InChI is InChI=1S/C8H11N3O6/c1-2-17-8(14)6(13)5(12)7-9-3-4(10-7)11(15)16/h3,5-6,12-13H,2H2,1H3,(H,9,10). The summed E-state index contributed by atoms with van der Waals surface area (Å²) >= 11 is 0. The highest BCUT2D eigenvalue weighted by molar-refractivity contribution is 5.75. The number of aliphatic hydroxyl groups is 2. The molecular weight excluding hydrogens is 234 g/mol. The number of aliphatic hydroxyl groups excluding tert-OH is 2. The molecule has 0 amide bonds. The van der Waals surface area contributed by atoms with Crippen LogP contribution >= 0.6 is 0 Å². The van der Waals surface area contributed by atoms with Crippen molar-refractivity contribution >= 4 is 11.8 Å². The van der Waals surface area contributed by atoms with Crippen LogP contribution in [-0.2, 0) is 9.53 Å². The molecule has 9 heteroatoms. The summed E-state index contributed by atoms with van der Waals surface area (Å²) in [4.78, 5) is 26.3. The zero-order chi connectivity index (χ0) is 13.0. The summed E-state index contributed by atoms with van der Waals surface area (Å²) in [6.45, 7) is 1.58. The number of carbonyl (C=O) groups is 1. The molecule has 17 heavy (non-hydrogen) atoms. The Morgan fingerprint density at radius 1 is 1.71 bits per heavy atom. The molecule has 3 N–H and O–H groups in total. The van der Waals surface area contributed by atoms with Crippen LogP contribution in [0.1, 0.15) is 18.9 Å². The maximum absolute atomic E-state index is 11.1. The third-order valence-electron chi connectivity index (χ3n) is 1.89. The van der Waals surface area contributed by atoms with Crippen molar-refractivity contribution in [1.29, 1.82) is 0 Å². The highest BCUT2D eigenvalue weighted by atomic mass is 16.6. The number of H-pyrrole nitrogens is 1. The monoisotopic (exact) mass is 245 g/mol. The van der Waals surface area contributed by atoms with E-state index in [1.165, 1.54) is 6.92 Å². The second-order valence-electron chi connectivity index (χ2n) is 3.05. The quantitative estimate of drug-likeness (QED) is 0.353. The van der Waals surface area contributed by atoms with Crippen LogP contribution in [0.15, 0.2) is 6.20 Å². The molecule has 0 aromatic carbocycles. The van der Waals surface area contributed by atoms with Crippen molar-refractivity contribution in [2.24, 2.45) is 0 Å². The lowest BCUT2D eigenvalue weighted by atomic mass is 10.2. The molecule has 0 saturated heterocycles. The minimum atomic E-state index is -1.85. The van der Waals surface area contributed by atoms with Gasteiger partial charge >= 0.3 is 11.8 Å². The number of rotatable bonds is 5. The summed E-state index contributed by atoms with van der Waals surface area (Å²) in [7, 11) is 0. The van der Waals surface area contributed by atoms with Gasteiger partial charge in [0.05, 0.1) is 6.61 Å². The van der Waals surface area contributed by atoms with Crippen molar-refractivity contribution in [3.8, 4) is 0 Å². The third-order valence-corrected chi connectivity index (χ3v) is 1.89. The van der Waals surface area contributed by atoms with Gasteiger partial charge in [0.25, 0.3) is 0 Å². The first-order chi connectivity index (χ1) is 7.97. The lowest BCUT2D eigenvalue weighted by Crippen LogP contribution is -2.30. The maximum Gasteiger partial charge on any atom is 0.340 e. The van der Waals surface area contributed by atoms with E-state index in [-0.39, 0.29) is 12.4 Å². The van der Waals surface area contributed by atoms with Crippen LogP contribution in [0, 0.1) is 10.1 Å². The lowest BCUT2D eigenvalue weighted by Gasteiger charge is -2.12. The van der Waals surface area contributed by atoms with Crippen LogP contribution in [0.3, 0.4) is 0 Å². The molecule has 0 fully saturated rings. The molecular formula is C8H11N3O6. The van der Waals surface area contributed by atoms with E-state index in [4.69, 9.17) is 0 Å². The minimum absolute atomic E-state index is 0.0426. The van der Waals surface area contributed by atoms with Crippen LogP contribution in [0.5, 0.6) is 0 Å². The maximum atomic E-state index is 11.1. The number of hydrogen-bond donors (Lipinski definition) is 3. The number of aromatic amines is 1. The summed E-state index contributed by atoms with van der Waals surface area (Å²) in [6.07, 6.45) is -2.68. The van der Waals surface area contributed by atoms with E-state index >= 15 is 0 Å². The molecule has 0 radical (unpaired) electrons. The summed E-state index contributed by atoms with van der Waals surface area (Å²) in [5.74, 6) is -1.76. The number of esters is 1. The number of nitrogens with zero attached hydrogens (tertiary/aromatic N) is 2. The van der Waals surface area contributed by atoms with Gasteiger partial charge in [-0.1, -0.05) is 0 Å². The number of carbonyl (C=O) groups excluding carboxylic acids is 1. The Hall–Kier alpha value is -2.00. The van der Waals surface area contributed by atoms with E-state index in [9.17, 15) is 25.1 Å². The van der Waals surface area contributed by atoms with E-state index < -0.39 is 28.9 Å². The molecule has 1 rings (SSSR count). The average Bonchev–Trinajstić information content (AvgIpc) is 2.76. The zero-order valence-corrected chi connectivity index (χ0v) is 8.86. The summed E-state index contributed by atoms with van der Waals surface area (Å²) in [5, 5.41) is 29.2. The van der Waals surface area contributed by atoms with Gasteiger partial charge in [-0.25, -0.2) is 14.8 Å². The molecule has 2 unspecified atom stereocenters. The molecule has 0 aliphatic heterocycles.